The summed E-state index contributed by atoms with van der Waals surface area (Å²) in [6.07, 6.45) is 0.311. The van der Waals surface area contributed by atoms with Crippen LogP contribution < -0.4 is 5.32 Å². The van der Waals surface area contributed by atoms with Gasteiger partial charge in [0.25, 0.3) is 0 Å². The van der Waals surface area contributed by atoms with Gasteiger partial charge in [-0.3, -0.25) is 4.79 Å². The Labute approximate surface area is 135 Å². The second-order valence-corrected chi connectivity index (χ2v) is 6.55. The van der Waals surface area contributed by atoms with Crippen LogP contribution in [-0.2, 0) is 11.3 Å². The first kappa shape index (κ1) is 16.2. The van der Waals surface area contributed by atoms with Crippen LogP contribution in [0, 0.1) is 16.5 Å². The maximum atomic E-state index is 13.7. The SMILES string of the molecule is CC(C)CNC(=O)CCn1c(=S)[nH]c2cc(Br)c(F)cc21. The number of imidazole rings is 1. The summed E-state index contributed by atoms with van der Waals surface area (Å²) < 4.78 is 16.3. The minimum Gasteiger partial charge on any atom is -0.356 e. The maximum absolute atomic E-state index is 13.7. The number of hydrogen-bond donors (Lipinski definition) is 2. The van der Waals surface area contributed by atoms with Gasteiger partial charge in [-0.05, 0) is 40.1 Å². The molecule has 1 aromatic heterocycles. The Morgan fingerprint density at radius 1 is 1.52 bits per heavy atom. The van der Waals surface area contributed by atoms with E-state index in [1.165, 1.54) is 6.07 Å². The van der Waals surface area contributed by atoms with Crippen molar-refractivity contribution in [2.75, 3.05) is 6.54 Å². The quantitative estimate of drug-likeness (QED) is 0.783. The van der Waals surface area contributed by atoms with Crippen LogP contribution in [0.3, 0.4) is 0 Å². The van der Waals surface area contributed by atoms with Crippen molar-refractivity contribution < 1.29 is 9.18 Å². The topological polar surface area (TPSA) is 49.8 Å². The number of aromatic amines is 1. The molecule has 0 saturated heterocycles. The Balaban J connectivity index is 2.15. The molecule has 2 aromatic rings. The first-order chi connectivity index (χ1) is 9.88. The van der Waals surface area contributed by atoms with Crippen molar-refractivity contribution in [3.05, 3.63) is 27.2 Å². The molecule has 0 aliphatic heterocycles. The largest absolute Gasteiger partial charge is 0.356 e. The summed E-state index contributed by atoms with van der Waals surface area (Å²) in [5.41, 5.74) is 1.41. The molecule has 0 saturated carbocycles. The molecule has 2 N–H and O–H groups in total. The van der Waals surface area contributed by atoms with Crippen LogP contribution in [0.1, 0.15) is 20.3 Å². The standard InChI is InChI=1S/C14H17BrFN3OS/c1-8(2)7-17-13(20)3-4-19-12-6-10(16)9(15)5-11(12)18-14(19)21/h5-6,8H,3-4,7H2,1-2H3,(H,17,20)(H,18,21). The fourth-order valence-corrected chi connectivity index (χ4v) is 2.64. The third kappa shape index (κ3) is 3.91. The molecule has 2 rings (SSSR count). The summed E-state index contributed by atoms with van der Waals surface area (Å²) in [5, 5.41) is 2.85. The van der Waals surface area contributed by atoms with Gasteiger partial charge in [0, 0.05) is 25.6 Å². The number of nitrogens with one attached hydrogen (secondary N) is 2. The number of nitrogens with zero attached hydrogens (tertiary/aromatic N) is 1. The van der Waals surface area contributed by atoms with Crippen molar-refractivity contribution in [1.29, 1.82) is 0 Å². The minimum absolute atomic E-state index is 0.0301. The van der Waals surface area contributed by atoms with Crippen molar-refractivity contribution in [2.24, 2.45) is 5.92 Å². The number of benzene rings is 1. The number of H-pyrrole nitrogens is 1. The number of amides is 1. The highest BCUT2D eigenvalue weighted by Gasteiger charge is 2.10. The molecule has 0 radical (unpaired) electrons. The molecule has 0 bridgehead atoms. The summed E-state index contributed by atoms with van der Waals surface area (Å²) in [6, 6.07) is 3.06. The average molecular weight is 374 g/mol. The fraction of sp³-hybridized carbons (Fsp3) is 0.429. The van der Waals surface area contributed by atoms with E-state index in [1.54, 1.807) is 10.6 Å². The van der Waals surface area contributed by atoms with E-state index in [2.05, 4.69) is 26.2 Å². The Bertz CT molecular complexity index is 723. The molecule has 21 heavy (non-hydrogen) atoms. The van der Waals surface area contributed by atoms with E-state index in [1.807, 2.05) is 13.8 Å². The average Bonchev–Trinajstić information content (AvgIpc) is 2.70. The normalized spacial score (nSPS) is 11.3. The smallest absolute Gasteiger partial charge is 0.221 e. The molecule has 0 fully saturated rings. The Kier molecular flexibility index (Phi) is 5.16. The van der Waals surface area contributed by atoms with Gasteiger partial charge in [-0.1, -0.05) is 13.8 Å². The fourth-order valence-electron chi connectivity index (χ4n) is 1.99. The van der Waals surface area contributed by atoms with E-state index in [-0.39, 0.29) is 11.7 Å². The summed E-state index contributed by atoms with van der Waals surface area (Å²) in [6.45, 7) is 5.15. The predicted molar refractivity (Wildman–Crippen MR) is 87.2 cm³/mol. The number of aromatic nitrogens is 2. The van der Waals surface area contributed by atoms with Crippen molar-refractivity contribution >= 4 is 45.1 Å². The Morgan fingerprint density at radius 2 is 2.24 bits per heavy atom. The van der Waals surface area contributed by atoms with E-state index in [4.69, 9.17) is 12.2 Å². The number of carbonyl (C=O) groups excluding carboxylic acids is 1. The van der Waals surface area contributed by atoms with Crippen LogP contribution in [0.4, 0.5) is 4.39 Å². The summed E-state index contributed by atoms with van der Waals surface area (Å²) >= 11 is 8.38. The Hall–Kier alpha value is -1.21. The summed E-state index contributed by atoms with van der Waals surface area (Å²) in [7, 11) is 0. The third-order valence-corrected chi connectivity index (χ3v) is 4.02. The van der Waals surface area contributed by atoms with Crippen molar-refractivity contribution in [1.82, 2.24) is 14.9 Å². The highest BCUT2D eigenvalue weighted by Crippen LogP contribution is 2.23. The Morgan fingerprint density at radius 3 is 2.90 bits per heavy atom. The molecular weight excluding hydrogens is 357 g/mol. The lowest BCUT2D eigenvalue weighted by molar-refractivity contribution is -0.121. The van der Waals surface area contributed by atoms with Gasteiger partial charge in [-0.25, -0.2) is 4.39 Å². The van der Waals surface area contributed by atoms with E-state index in [0.717, 1.165) is 5.52 Å². The number of hydrogen-bond acceptors (Lipinski definition) is 2. The van der Waals surface area contributed by atoms with Gasteiger partial charge in [0.05, 0.1) is 15.5 Å². The molecule has 0 aliphatic rings. The van der Waals surface area contributed by atoms with Crippen LogP contribution in [0.5, 0.6) is 0 Å². The lowest BCUT2D eigenvalue weighted by Gasteiger charge is -2.08. The lowest BCUT2D eigenvalue weighted by atomic mass is 10.2. The van der Waals surface area contributed by atoms with Crippen molar-refractivity contribution in [3.63, 3.8) is 0 Å². The second-order valence-electron chi connectivity index (χ2n) is 5.31. The van der Waals surface area contributed by atoms with Crippen LogP contribution in [-0.4, -0.2) is 22.0 Å². The predicted octanol–water partition coefficient (Wildman–Crippen LogP) is 3.76. The van der Waals surface area contributed by atoms with E-state index in [0.29, 0.717) is 40.2 Å². The van der Waals surface area contributed by atoms with Gasteiger partial charge in [0.1, 0.15) is 5.82 Å². The number of halogens is 2. The highest BCUT2D eigenvalue weighted by molar-refractivity contribution is 9.10. The van der Waals surface area contributed by atoms with Crippen molar-refractivity contribution in [2.45, 2.75) is 26.8 Å². The molecule has 114 valence electrons. The number of rotatable bonds is 5. The van der Waals surface area contributed by atoms with E-state index >= 15 is 0 Å². The van der Waals surface area contributed by atoms with Crippen LogP contribution in [0.2, 0.25) is 0 Å². The molecule has 0 atom stereocenters. The molecule has 1 heterocycles. The molecule has 0 spiro atoms. The van der Waals surface area contributed by atoms with Crippen molar-refractivity contribution in [3.8, 4) is 0 Å². The van der Waals surface area contributed by atoms with Gasteiger partial charge < -0.3 is 14.9 Å². The molecule has 0 unspecified atom stereocenters. The van der Waals surface area contributed by atoms with Crippen LogP contribution in [0.25, 0.3) is 11.0 Å². The molecular formula is C14H17BrFN3OS. The molecule has 4 nitrogen and oxygen atoms in total. The van der Waals surface area contributed by atoms with Gasteiger partial charge >= 0.3 is 0 Å². The molecule has 1 amide bonds. The van der Waals surface area contributed by atoms with Crippen LogP contribution >= 0.6 is 28.1 Å². The van der Waals surface area contributed by atoms with E-state index in [9.17, 15) is 9.18 Å². The minimum atomic E-state index is -0.352. The zero-order chi connectivity index (χ0) is 15.6. The first-order valence-electron chi connectivity index (χ1n) is 6.72. The third-order valence-electron chi connectivity index (χ3n) is 3.09. The number of carbonyl (C=O) groups is 1. The monoisotopic (exact) mass is 373 g/mol. The highest BCUT2D eigenvalue weighted by atomic mass is 79.9. The van der Waals surface area contributed by atoms with Gasteiger partial charge in [0.15, 0.2) is 4.77 Å². The second kappa shape index (κ2) is 6.70. The lowest BCUT2D eigenvalue weighted by Crippen LogP contribution is -2.28. The summed E-state index contributed by atoms with van der Waals surface area (Å²) in [4.78, 5) is 14.8. The van der Waals surface area contributed by atoms with Gasteiger partial charge in [-0.15, -0.1) is 0 Å². The first-order valence-corrected chi connectivity index (χ1v) is 7.93. The van der Waals surface area contributed by atoms with Gasteiger partial charge in [0.2, 0.25) is 5.91 Å². The zero-order valence-corrected chi connectivity index (χ0v) is 14.3. The molecule has 1 aromatic carbocycles. The molecule has 0 aliphatic carbocycles. The van der Waals surface area contributed by atoms with Crippen LogP contribution in [0.15, 0.2) is 16.6 Å². The zero-order valence-electron chi connectivity index (χ0n) is 11.9. The number of aryl methyl sites for hydroxylation is 1. The summed E-state index contributed by atoms with van der Waals surface area (Å²) in [5.74, 6) is 0.0303. The van der Waals surface area contributed by atoms with E-state index < -0.39 is 0 Å². The molecule has 7 heteroatoms. The van der Waals surface area contributed by atoms with Gasteiger partial charge in [-0.2, -0.15) is 0 Å². The maximum Gasteiger partial charge on any atom is 0.221 e. The number of fused-ring (bicyclic) bond motifs is 1.